The number of allylic oxidation sites excluding steroid dienone is 7. The van der Waals surface area contributed by atoms with Crippen LogP contribution in [0.3, 0.4) is 0 Å². The molecule has 9 rings (SSSR count). The molecule has 3 aliphatic rings. The first-order valence-corrected chi connectivity index (χ1v) is 27.5. The molecule has 6 nitrogen and oxygen atoms in total. The highest BCUT2D eigenvalue weighted by Gasteiger charge is 2.46. The predicted octanol–water partition coefficient (Wildman–Crippen LogP) is 15.1. The van der Waals surface area contributed by atoms with Gasteiger partial charge in [0.2, 0.25) is 5.69 Å². The van der Waals surface area contributed by atoms with E-state index in [9.17, 15) is 13.0 Å². The number of anilines is 3. The highest BCUT2D eigenvalue weighted by molar-refractivity contribution is 14.1. The summed E-state index contributed by atoms with van der Waals surface area (Å²) < 4.78 is 39.9. The second kappa shape index (κ2) is 19.4. The largest absolute Gasteiger partial charge is 0.748 e. The lowest BCUT2D eigenvalue weighted by atomic mass is 9.79. The Balaban J connectivity index is 1.21. The minimum atomic E-state index is -4.30. The second-order valence-electron chi connectivity index (χ2n) is 19.2. The van der Waals surface area contributed by atoms with Crippen molar-refractivity contribution in [2.24, 2.45) is 0 Å². The minimum Gasteiger partial charge on any atom is -0.748 e. The molecule has 0 unspecified atom stereocenters. The third-order valence-electron chi connectivity index (χ3n) is 14.1. The maximum atomic E-state index is 11.7. The van der Waals surface area contributed by atoms with Crippen molar-refractivity contribution in [3.8, 4) is 0 Å². The molecule has 0 amide bonds. The number of unbranched alkanes of at least 4 members (excludes halogenated alkanes) is 3. The molecule has 0 bridgehead atoms. The quantitative estimate of drug-likeness (QED) is 0.0444. The first-order valence-electron chi connectivity index (χ1n) is 23.7. The zero-order valence-corrected chi connectivity index (χ0v) is 44.3. The van der Waals surface area contributed by atoms with Crippen molar-refractivity contribution in [1.29, 1.82) is 0 Å². The lowest BCUT2D eigenvalue weighted by Crippen LogP contribution is -2.28. The van der Waals surface area contributed by atoms with Gasteiger partial charge in [-0.1, -0.05) is 93.9 Å². The first-order chi connectivity index (χ1) is 32.2. The van der Waals surface area contributed by atoms with Crippen LogP contribution < -0.4 is 9.80 Å². The molecule has 0 N–H and O–H groups in total. The summed E-state index contributed by atoms with van der Waals surface area (Å²) in [5, 5.41) is 5.01. The third kappa shape index (κ3) is 9.47. The Morgan fingerprint density at radius 1 is 0.687 bits per heavy atom. The summed E-state index contributed by atoms with van der Waals surface area (Å²) in [5.74, 6) is -0.356. The van der Waals surface area contributed by atoms with Crippen molar-refractivity contribution >= 4 is 105 Å². The van der Waals surface area contributed by atoms with Gasteiger partial charge >= 0.3 is 0 Å². The van der Waals surface area contributed by atoms with Gasteiger partial charge in [0.05, 0.1) is 21.2 Å². The maximum Gasteiger partial charge on any atom is 0.210 e. The molecule has 0 aromatic heterocycles. The smallest absolute Gasteiger partial charge is 0.210 e. The highest BCUT2D eigenvalue weighted by atomic mass is 127. The Kier molecular flexibility index (Phi) is 13.8. The fraction of sp³-hybridized carbons (Fsp3) is 0.293. The average molecular weight is 1130 g/mol. The van der Waals surface area contributed by atoms with E-state index >= 15 is 0 Å². The Labute approximate surface area is 424 Å². The van der Waals surface area contributed by atoms with Crippen molar-refractivity contribution in [2.45, 2.75) is 90.4 Å². The van der Waals surface area contributed by atoms with E-state index in [1.807, 2.05) is 0 Å². The molecule has 2 heterocycles. The molecule has 6 aromatic carbocycles. The molecule has 0 fully saturated rings. The van der Waals surface area contributed by atoms with Crippen molar-refractivity contribution in [2.75, 3.05) is 28.6 Å². The maximum absolute atomic E-state index is 11.7. The molecule has 0 spiro atoms. The number of fused-ring (bicyclic) bond motifs is 6. The van der Waals surface area contributed by atoms with E-state index in [-0.39, 0.29) is 16.6 Å². The summed E-state index contributed by atoms with van der Waals surface area (Å²) >= 11 is 4.79. The summed E-state index contributed by atoms with van der Waals surface area (Å²) in [6.07, 6.45) is 15.7. The zero-order chi connectivity index (χ0) is 47.1. The molecule has 9 heteroatoms. The van der Waals surface area contributed by atoms with Gasteiger partial charge in [-0.2, -0.15) is 4.58 Å². The van der Waals surface area contributed by atoms with E-state index in [2.05, 4.69) is 240 Å². The van der Waals surface area contributed by atoms with Gasteiger partial charge in [0, 0.05) is 71.7 Å². The second-order valence-corrected chi connectivity index (χ2v) is 23.2. The summed E-state index contributed by atoms with van der Waals surface area (Å²) in [6, 6.07) is 44.2. The number of halogens is 2. The number of hydrogen-bond acceptors (Lipinski definition) is 5. The average Bonchev–Trinajstić information content (AvgIpc) is 3.88. The number of rotatable bonds is 15. The fourth-order valence-electron chi connectivity index (χ4n) is 10.9. The van der Waals surface area contributed by atoms with Gasteiger partial charge < -0.3 is 14.4 Å². The van der Waals surface area contributed by atoms with Crippen LogP contribution in [0.2, 0.25) is 0 Å². The SMILES string of the molecule is CCCCC[N+]1=C(/C=C/C2=C(N(c3ccc(I)cc3)c3ccc(I)cc3)C(=C/C=C3/N(CCCCS(=O)(=O)[O-])c4ccc5ccccc5c4C3(C)C)/CC2)C(C)(C)c2c1ccc1ccccc21. The molecule has 2 aliphatic heterocycles. The van der Waals surface area contributed by atoms with E-state index in [4.69, 9.17) is 0 Å². The van der Waals surface area contributed by atoms with Gasteiger partial charge in [-0.3, -0.25) is 0 Å². The van der Waals surface area contributed by atoms with Crippen LogP contribution in [0.1, 0.15) is 90.7 Å². The summed E-state index contributed by atoms with van der Waals surface area (Å²) in [6.45, 7) is 13.3. The van der Waals surface area contributed by atoms with Crippen molar-refractivity contribution in [1.82, 2.24) is 0 Å². The van der Waals surface area contributed by atoms with Crippen LogP contribution in [0.4, 0.5) is 22.7 Å². The van der Waals surface area contributed by atoms with E-state index in [0.29, 0.717) is 19.4 Å². The minimum absolute atomic E-state index is 0.220. The summed E-state index contributed by atoms with van der Waals surface area (Å²) in [4.78, 5) is 4.83. The molecule has 1 aliphatic carbocycles. The molecule has 0 saturated heterocycles. The third-order valence-corrected chi connectivity index (χ3v) is 16.3. The van der Waals surface area contributed by atoms with Crippen LogP contribution in [-0.4, -0.2) is 42.1 Å². The van der Waals surface area contributed by atoms with Gasteiger partial charge in [0.15, 0.2) is 5.71 Å². The monoisotopic (exact) mass is 1130 g/mol. The first kappa shape index (κ1) is 47.5. The van der Waals surface area contributed by atoms with Crippen molar-refractivity contribution < 1.29 is 17.5 Å². The van der Waals surface area contributed by atoms with Crippen LogP contribution in [0.25, 0.3) is 21.5 Å². The molecular weight excluding hydrogens is 1070 g/mol. The van der Waals surface area contributed by atoms with E-state index in [1.54, 1.807) is 0 Å². The van der Waals surface area contributed by atoms with Gasteiger partial charge in [0.25, 0.3) is 0 Å². The fourth-order valence-corrected chi connectivity index (χ4v) is 12.2. The number of hydrogen-bond donors (Lipinski definition) is 0. The van der Waals surface area contributed by atoms with Crippen LogP contribution in [-0.2, 0) is 20.9 Å². The highest BCUT2D eigenvalue weighted by Crippen LogP contribution is 2.52. The Bertz CT molecular complexity index is 3100. The molecule has 0 radical (unpaired) electrons. The summed E-state index contributed by atoms with van der Waals surface area (Å²) in [5.41, 5.74) is 13.0. The topological polar surface area (TPSA) is 66.7 Å². The van der Waals surface area contributed by atoms with E-state index in [0.717, 1.165) is 48.6 Å². The molecule has 0 saturated carbocycles. The van der Waals surface area contributed by atoms with Gasteiger partial charge in [-0.25, -0.2) is 8.42 Å². The number of benzene rings is 6. The molecule has 67 heavy (non-hydrogen) atoms. The van der Waals surface area contributed by atoms with Crippen molar-refractivity contribution in [3.63, 3.8) is 0 Å². The lowest BCUT2D eigenvalue weighted by molar-refractivity contribution is -0.438. The Hall–Kier alpha value is -4.56. The molecule has 344 valence electrons. The standard InChI is InChI=1S/C58H59I2N3O3S/c1-6-7-12-37-61-50-33-21-40-15-8-10-17-48(40)54(50)57(2,3)52(61)35-23-42-19-20-43(56(42)63(46-29-25-44(59)26-30-46)47-31-27-45(60)28-32-47)24-36-53-58(4,5)55-49-18-11-9-16-41(49)22-34-51(55)62(53)38-13-14-39-67(64,65)66/h8-11,15-18,21-36H,6-7,12-14,19-20,37-39H2,1-5H3. The number of nitrogens with zero attached hydrogens (tertiary/aromatic N) is 3. The molecule has 6 aromatic rings. The normalized spacial score (nSPS) is 17.8. The summed E-state index contributed by atoms with van der Waals surface area (Å²) in [7, 11) is -4.30. The molecular formula is C58H59I2N3O3S. The lowest BCUT2D eigenvalue weighted by Gasteiger charge is -2.29. The predicted molar refractivity (Wildman–Crippen MR) is 296 cm³/mol. The van der Waals surface area contributed by atoms with Gasteiger partial charge in [-0.05, 0) is 196 Å². The zero-order valence-electron chi connectivity index (χ0n) is 39.2. The Morgan fingerprint density at radius 3 is 1.93 bits per heavy atom. The van der Waals surface area contributed by atoms with Gasteiger partial charge in [0.1, 0.15) is 6.54 Å². The van der Waals surface area contributed by atoms with Gasteiger partial charge in [-0.15, -0.1) is 0 Å². The van der Waals surface area contributed by atoms with Crippen LogP contribution in [0.5, 0.6) is 0 Å². The van der Waals surface area contributed by atoms with Crippen LogP contribution in [0, 0.1) is 7.14 Å². The molecule has 0 atom stereocenters. The van der Waals surface area contributed by atoms with E-state index in [1.165, 1.54) is 80.9 Å². The van der Waals surface area contributed by atoms with Crippen LogP contribution >= 0.6 is 45.2 Å². The van der Waals surface area contributed by atoms with Crippen LogP contribution in [0.15, 0.2) is 168 Å². The van der Waals surface area contributed by atoms with E-state index < -0.39 is 10.1 Å². The van der Waals surface area contributed by atoms with Crippen molar-refractivity contribution in [3.05, 3.63) is 186 Å². The Morgan fingerprint density at radius 2 is 1.30 bits per heavy atom.